The third kappa shape index (κ3) is 1.29. The lowest BCUT2D eigenvalue weighted by molar-refractivity contribution is 0.475. The fraction of sp³-hybridized carbons (Fsp3) is 0. The quantitative estimate of drug-likeness (QED) is 0.573. The first-order chi connectivity index (χ1) is 4.84. The van der Waals surface area contributed by atoms with Gasteiger partial charge in [0.25, 0.3) is 0 Å². The highest BCUT2D eigenvalue weighted by Crippen LogP contribution is 2.05. The number of nitrogens with two attached hydrogens (primary N) is 1. The molecule has 0 radical (unpaired) electrons. The topological polar surface area (TPSA) is 46.2 Å². The fourth-order valence-corrected chi connectivity index (χ4v) is 0.705. The molecule has 0 aliphatic rings. The third-order valence-electron chi connectivity index (χ3n) is 1.25. The number of hydrogen-bond acceptors (Lipinski definition) is 2. The van der Waals surface area contributed by atoms with E-state index in [1.807, 2.05) is 30.3 Å². The van der Waals surface area contributed by atoms with Crippen molar-refractivity contribution in [3.05, 3.63) is 42.2 Å². The predicted octanol–water partition coefficient (Wildman–Crippen LogP) is 1.50. The molecule has 1 rings (SSSR count). The Morgan fingerprint density at radius 2 is 1.90 bits per heavy atom. The number of aliphatic hydroxyl groups is 1. The first-order valence-electron chi connectivity index (χ1n) is 3.00. The standard InChI is InChI=1S/C8H9NO/c9-8(6-10)7-4-2-1-3-5-7/h1-6,10H,9H2/b8-6+. The van der Waals surface area contributed by atoms with Crippen LogP contribution >= 0.6 is 0 Å². The monoisotopic (exact) mass is 135 g/mol. The van der Waals surface area contributed by atoms with Crippen LogP contribution in [0.4, 0.5) is 0 Å². The average Bonchev–Trinajstić information content (AvgIpc) is 2.05. The van der Waals surface area contributed by atoms with Crippen LogP contribution in [-0.2, 0) is 0 Å². The molecule has 0 bridgehead atoms. The van der Waals surface area contributed by atoms with Gasteiger partial charge in [-0.15, -0.1) is 0 Å². The molecule has 0 fully saturated rings. The van der Waals surface area contributed by atoms with Crippen molar-refractivity contribution in [3.63, 3.8) is 0 Å². The molecule has 52 valence electrons. The van der Waals surface area contributed by atoms with Crippen LogP contribution in [0, 0.1) is 0 Å². The highest BCUT2D eigenvalue weighted by Gasteiger charge is 1.91. The molecule has 2 heteroatoms. The van der Waals surface area contributed by atoms with E-state index in [-0.39, 0.29) is 0 Å². The predicted molar refractivity (Wildman–Crippen MR) is 41.2 cm³/mol. The van der Waals surface area contributed by atoms with Crippen LogP contribution in [0.1, 0.15) is 5.56 Å². The first-order valence-corrected chi connectivity index (χ1v) is 3.00. The van der Waals surface area contributed by atoms with Crippen LogP contribution in [0.2, 0.25) is 0 Å². The third-order valence-corrected chi connectivity index (χ3v) is 1.25. The van der Waals surface area contributed by atoms with E-state index < -0.39 is 0 Å². The first kappa shape index (κ1) is 6.68. The minimum atomic E-state index is 0.389. The maximum absolute atomic E-state index is 8.50. The van der Waals surface area contributed by atoms with Crippen molar-refractivity contribution in [2.75, 3.05) is 0 Å². The summed E-state index contributed by atoms with van der Waals surface area (Å²) in [5.41, 5.74) is 6.63. The Morgan fingerprint density at radius 3 is 2.40 bits per heavy atom. The summed E-state index contributed by atoms with van der Waals surface area (Å²) in [6.45, 7) is 0. The van der Waals surface area contributed by atoms with Gasteiger partial charge in [-0.3, -0.25) is 0 Å². The van der Waals surface area contributed by atoms with Crippen molar-refractivity contribution < 1.29 is 5.11 Å². The lowest BCUT2D eigenvalue weighted by Crippen LogP contribution is -1.94. The van der Waals surface area contributed by atoms with Crippen molar-refractivity contribution in [1.82, 2.24) is 0 Å². The van der Waals surface area contributed by atoms with E-state index in [2.05, 4.69) is 0 Å². The van der Waals surface area contributed by atoms with Gasteiger partial charge < -0.3 is 10.8 Å². The zero-order chi connectivity index (χ0) is 7.40. The Morgan fingerprint density at radius 1 is 1.30 bits per heavy atom. The normalized spacial score (nSPS) is 11.4. The van der Waals surface area contributed by atoms with Crippen molar-refractivity contribution in [3.8, 4) is 0 Å². The van der Waals surface area contributed by atoms with Gasteiger partial charge in [0.2, 0.25) is 0 Å². The van der Waals surface area contributed by atoms with Crippen molar-refractivity contribution in [2.24, 2.45) is 5.73 Å². The second-order valence-corrected chi connectivity index (χ2v) is 1.95. The zero-order valence-electron chi connectivity index (χ0n) is 5.49. The molecule has 0 aliphatic heterocycles. The Balaban J connectivity index is 2.96. The maximum atomic E-state index is 8.50. The Bertz CT molecular complexity index is 228. The molecular formula is C8H9NO. The molecule has 0 aliphatic carbocycles. The van der Waals surface area contributed by atoms with Crippen LogP contribution < -0.4 is 5.73 Å². The summed E-state index contributed by atoms with van der Waals surface area (Å²) < 4.78 is 0. The van der Waals surface area contributed by atoms with E-state index in [1.54, 1.807) is 0 Å². The van der Waals surface area contributed by atoms with E-state index in [9.17, 15) is 0 Å². The number of hydrogen-bond donors (Lipinski definition) is 2. The molecule has 1 aromatic rings. The van der Waals surface area contributed by atoms with Crippen LogP contribution in [-0.4, -0.2) is 5.11 Å². The molecule has 0 atom stereocenters. The lowest BCUT2D eigenvalue weighted by atomic mass is 10.2. The van der Waals surface area contributed by atoms with Gasteiger partial charge in [-0.05, 0) is 0 Å². The number of rotatable bonds is 1. The average molecular weight is 135 g/mol. The number of benzene rings is 1. The van der Waals surface area contributed by atoms with Gasteiger partial charge in [0.1, 0.15) is 6.26 Å². The minimum absolute atomic E-state index is 0.389. The summed E-state index contributed by atoms with van der Waals surface area (Å²) in [5, 5.41) is 8.50. The smallest absolute Gasteiger partial charge is 0.103 e. The molecule has 10 heavy (non-hydrogen) atoms. The molecule has 3 N–H and O–H groups in total. The zero-order valence-corrected chi connectivity index (χ0v) is 5.49. The summed E-state index contributed by atoms with van der Waals surface area (Å²) in [6.07, 6.45) is 0.898. The minimum Gasteiger partial charge on any atom is -0.513 e. The lowest BCUT2D eigenvalue weighted by Gasteiger charge is -1.96. The van der Waals surface area contributed by atoms with Gasteiger partial charge in [-0.2, -0.15) is 0 Å². The summed E-state index contributed by atoms with van der Waals surface area (Å²) in [7, 11) is 0. The molecule has 0 heterocycles. The van der Waals surface area contributed by atoms with Crippen molar-refractivity contribution in [2.45, 2.75) is 0 Å². The van der Waals surface area contributed by atoms with E-state index in [0.717, 1.165) is 11.8 Å². The molecule has 0 spiro atoms. The van der Waals surface area contributed by atoms with Crippen LogP contribution in [0.25, 0.3) is 5.70 Å². The molecular weight excluding hydrogens is 126 g/mol. The Labute approximate surface area is 59.6 Å². The van der Waals surface area contributed by atoms with E-state index in [4.69, 9.17) is 10.8 Å². The van der Waals surface area contributed by atoms with Gasteiger partial charge in [-0.1, -0.05) is 30.3 Å². The second-order valence-electron chi connectivity index (χ2n) is 1.95. The molecule has 0 saturated carbocycles. The van der Waals surface area contributed by atoms with Crippen LogP contribution in [0.5, 0.6) is 0 Å². The van der Waals surface area contributed by atoms with Crippen molar-refractivity contribution >= 4 is 5.70 Å². The highest BCUT2D eigenvalue weighted by molar-refractivity contribution is 5.60. The highest BCUT2D eigenvalue weighted by atomic mass is 16.2. The van der Waals surface area contributed by atoms with Gasteiger partial charge >= 0.3 is 0 Å². The second kappa shape index (κ2) is 2.92. The van der Waals surface area contributed by atoms with E-state index in [1.165, 1.54) is 0 Å². The molecule has 0 unspecified atom stereocenters. The molecule has 0 saturated heterocycles. The molecule has 0 aromatic heterocycles. The van der Waals surface area contributed by atoms with E-state index >= 15 is 0 Å². The SMILES string of the molecule is N/C(=C/O)c1ccccc1. The van der Waals surface area contributed by atoms with Crippen LogP contribution in [0.15, 0.2) is 36.6 Å². The Hall–Kier alpha value is -1.44. The van der Waals surface area contributed by atoms with Gasteiger partial charge in [0, 0.05) is 5.56 Å². The van der Waals surface area contributed by atoms with Gasteiger partial charge in [0.05, 0.1) is 5.70 Å². The summed E-state index contributed by atoms with van der Waals surface area (Å²) in [6, 6.07) is 9.30. The largest absolute Gasteiger partial charge is 0.513 e. The maximum Gasteiger partial charge on any atom is 0.103 e. The summed E-state index contributed by atoms with van der Waals surface area (Å²) in [4.78, 5) is 0. The fourth-order valence-electron chi connectivity index (χ4n) is 0.705. The van der Waals surface area contributed by atoms with Crippen molar-refractivity contribution in [1.29, 1.82) is 0 Å². The summed E-state index contributed by atoms with van der Waals surface area (Å²) >= 11 is 0. The number of aliphatic hydroxyl groups excluding tert-OH is 1. The summed E-state index contributed by atoms with van der Waals surface area (Å²) in [5.74, 6) is 0. The van der Waals surface area contributed by atoms with Crippen LogP contribution in [0.3, 0.4) is 0 Å². The van der Waals surface area contributed by atoms with E-state index in [0.29, 0.717) is 5.70 Å². The molecule has 1 aromatic carbocycles. The molecule has 2 nitrogen and oxygen atoms in total. The van der Waals surface area contributed by atoms with Gasteiger partial charge in [0.15, 0.2) is 0 Å². The van der Waals surface area contributed by atoms with Gasteiger partial charge in [-0.25, -0.2) is 0 Å². The molecule has 0 amide bonds. The Kier molecular flexibility index (Phi) is 1.95.